The molecule has 0 aromatic heterocycles. The molecule has 6 heteroatoms. The Morgan fingerprint density at radius 3 is 2.59 bits per heavy atom. The van der Waals surface area contributed by atoms with Crippen LogP contribution in [0, 0.1) is 18.3 Å². The fraction of sp³-hybridized carbons (Fsp3) is 0.371. The van der Waals surface area contributed by atoms with Crippen LogP contribution in [0.25, 0.3) is 16.7 Å². The maximum absolute atomic E-state index is 14.3. The Balaban J connectivity index is 1.27. The average Bonchev–Trinajstić information content (AvgIpc) is 3.69. The van der Waals surface area contributed by atoms with Crippen molar-refractivity contribution in [1.29, 1.82) is 5.26 Å². The predicted octanol–water partition coefficient (Wildman–Crippen LogP) is 5.59. The Labute approximate surface area is 243 Å². The summed E-state index contributed by atoms with van der Waals surface area (Å²) < 4.78 is 0. The summed E-state index contributed by atoms with van der Waals surface area (Å²) in [6.07, 6.45) is 7.54. The Morgan fingerprint density at radius 1 is 1.00 bits per heavy atom. The summed E-state index contributed by atoms with van der Waals surface area (Å²) in [6, 6.07) is 25.0. The van der Waals surface area contributed by atoms with Gasteiger partial charge >= 0.3 is 0 Å². The molecule has 6 nitrogen and oxygen atoms in total. The van der Waals surface area contributed by atoms with E-state index >= 15 is 0 Å². The fourth-order valence-electron chi connectivity index (χ4n) is 6.52. The SMILES string of the molecule is Cc1cccc(CCNC2C=C(C(=O)N3CCC[C@H]3CN3CCCC3)c3cc(-c4ccc(C#N)cc4)ccc3N2)c1. The number of nitrogens with one attached hydrogen (secondary N) is 2. The van der Waals surface area contributed by atoms with Crippen LogP contribution in [0.5, 0.6) is 0 Å². The first-order valence-electron chi connectivity index (χ1n) is 15.0. The lowest BCUT2D eigenvalue weighted by Gasteiger charge is -2.32. The minimum Gasteiger partial charge on any atom is -0.366 e. The van der Waals surface area contributed by atoms with Crippen molar-refractivity contribution in [2.24, 2.45) is 0 Å². The molecule has 2 saturated heterocycles. The van der Waals surface area contributed by atoms with E-state index in [-0.39, 0.29) is 18.1 Å². The van der Waals surface area contributed by atoms with Crippen molar-refractivity contribution < 1.29 is 4.79 Å². The number of amides is 1. The fourth-order valence-corrected chi connectivity index (χ4v) is 6.52. The molecule has 3 aliphatic rings. The molecule has 210 valence electrons. The number of likely N-dealkylation sites (tertiary alicyclic amines) is 2. The van der Waals surface area contributed by atoms with Crippen molar-refractivity contribution in [2.75, 3.05) is 38.0 Å². The minimum absolute atomic E-state index is 0.133. The lowest BCUT2D eigenvalue weighted by molar-refractivity contribution is -0.126. The molecule has 3 aromatic rings. The quantitative estimate of drug-likeness (QED) is 0.386. The molecular formula is C35H39N5O. The largest absolute Gasteiger partial charge is 0.366 e. The third-order valence-electron chi connectivity index (χ3n) is 8.70. The number of carbonyl (C=O) groups excluding carboxylic acids is 1. The molecule has 2 N–H and O–H groups in total. The van der Waals surface area contributed by atoms with Gasteiger partial charge in [0.25, 0.3) is 5.91 Å². The normalized spacial score (nSPS) is 20.3. The van der Waals surface area contributed by atoms with Crippen LogP contribution >= 0.6 is 0 Å². The van der Waals surface area contributed by atoms with Gasteiger partial charge in [0.2, 0.25) is 0 Å². The highest BCUT2D eigenvalue weighted by Gasteiger charge is 2.34. The third kappa shape index (κ3) is 6.22. The number of rotatable bonds is 8. The highest BCUT2D eigenvalue weighted by atomic mass is 16.2. The number of aryl methyl sites for hydroxylation is 1. The summed E-state index contributed by atoms with van der Waals surface area (Å²) >= 11 is 0. The molecule has 6 rings (SSSR count). The van der Waals surface area contributed by atoms with Gasteiger partial charge in [-0.25, -0.2) is 0 Å². The first-order valence-corrected chi connectivity index (χ1v) is 15.0. The van der Waals surface area contributed by atoms with Gasteiger partial charge in [-0.15, -0.1) is 0 Å². The Hall–Kier alpha value is -3.92. The van der Waals surface area contributed by atoms with Crippen molar-refractivity contribution in [1.82, 2.24) is 15.1 Å². The number of nitriles is 1. The van der Waals surface area contributed by atoms with Gasteiger partial charge in [0.1, 0.15) is 0 Å². The average molecular weight is 546 g/mol. The summed E-state index contributed by atoms with van der Waals surface area (Å²) in [5.74, 6) is 0.136. The summed E-state index contributed by atoms with van der Waals surface area (Å²) in [5.41, 5.74) is 7.98. The topological polar surface area (TPSA) is 71.4 Å². The van der Waals surface area contributed by atoms with Crippen LogP contribution in [0.15, 0.2) is 72.8 Å². The minimum atomic E-state index is -0.133. The van der Waals surface area contributed by atoms with Crippen LogP contribution < -0.4 is 10.6 Å². The number of benzene rings is 3. The molecule has 2 atom stereocenters. The number of carbonyl (C=O) groups is 1. The molecule has 41 heavy (non-hydrogen) atoms. The number of anilines is 1. The number of nitrogens with zero attached hydrogens (tertiary/aromatic N) is 3. The van der Waals surface area contributed by atoms with E-state index in [0.717, 1.165) is 79.9 Å². The van der Waals surface area contributed by atoms with Gasteiger partial charge in [-0.3, -0.25) is 10.1 Å². The summed E-state index contributed by atoms with van der Waals surface area (Å²) in [4.78, 5) is 19.0. The van der Waals surface area contributed by atoms with E-state index in [1.54, 1.807) is 0 Å². The number of fused-ring (bicyclic) bond motifs is 1. The van der Waals surface area contributed by atoms with Gasteiger partial charge in [-0.2, -0.15) is 5.26 Å². The van der Waals surface area contributed by atoms with Gasteiger partial charge in [0.15, 0.2) is 0 Å². The van der Waals surface area contributed by atoms with Crippen molar-refractivity contribution >= 4 is 17.2 Å². The van der Waals surface area contributed by atoms with Crippen molar-refractivity contribution in [3.05, 3.63) is 95.1 Å². The Kier molecular flexibility index (Phi) is 8.18. The second kappa shape index (κ2) is 12.3. The lowest BCUT2D eigenvalue weighted by atomic mass is 9.93. The first kappa shape index (κ1) is 27.3. The predicted molar refractivity (Wildman–Crippen MR) is 165 cm³/mol. The number of hydrogen-bond donors (Lipinski definition) is 2. The zero-order valence-electron chi connectivity index (χ0n) is 23.9. The van der Waals surface area contributed by atoms with Gasteiger partial charge < -0.3 is 15.1 Å². The molecule has 0 bridgehead atoms. The Bertz CT molecular complexity index is 1460. The maximum atomic E-state index is 14.3. The zero-order valence-corrected chi connectivity index (χ0v) is 23.9. The summed E-state index contributed by atoms with van der Waals surface area (Å²) in [6.45, 7) is 7.02. The van der Waals surface area contributed by atoms with Crippen LogP contribution in [0.2, 0.25) is 0 Å². The van der Waals surface area contributed by atoms with Crippen LogP contribution in [0.3, 0.4) is 0 Å². The maximum Gasteiger partial charge on any atom is 0.254 e. The second-order valence-corrected chi connectivity index (χ2v) is 11.6. The molecule has 3 aromatic carbocycles. The molecule has 3 heterocycles. The van der Waals surface area contributed by atoms with E-state index in [1.807, 2.05) is 24.3 Å². The molecular weight excluding hydrogens is 506 g/mol. The molecule has 0 saturated carbocycles. The summed E-state index contributed by atoms with van der Waals surface area (Å²) in [5, 5.41) is 16.5. The van der Waals surface area contributed by atoms with Gasteiger partial charge in [-0.1, -0.05) is 48.0 Å². The first-order chi connectivity index (χ1) is 20.1. The molecule has 2 fully saturated rings. The molecule has 3 aliphatic heterocycles. The van der Waals surface area contributed by atoms with Crippen molar-refractivity contribution in [2.45, 2.75) is 51.2 Å². The second-order valence-electron chi connectivity index (χ2n) is 11.6. The molecule has 0 radical (unpaired) electrons. The number of hydrogen-bond acceptors (Lipinski definition) is 5. The van der Waals surface area contributed by atoms with Crippen LogP contribution in [-0.4, -0.2) is 60.6 Å². The van der Waals surface area contributed by atoms with Crippen molar-refractivity contribution in [3.8, 4) is 17.2 Å². The molecule has 0 aliphatic carbocycles. The van der Waals surface area contributed by atoms with E-state index in [0.29, 0.717) is 5.56 Å². The lowest BCUT2D eigenvalue weighted by Crippen LogP contribution is -2.44. The molecule has 1 unspecified atom stereocenters. The molecule has 0 spiro atoms. The standard InChI is InChI=1S/C35H39N5O/c1-25-6-4-7-26(20-25)15-16-37-34-22-32(35(41)40-19-5-8-30(40)24-39-17-2-3-18-39)31-21-29(13-14-33(31)38-34)28-11-9-27(23-36)10-12-28/h4,6-7,9-14,20-22,30,34,37-38H,2-3,5,8,15-19,24H2,1H3/t30-,34?/m0/s1. The van der Waals surface area contributed by atoms with Gasteiger partial charge in [-0.05, 0) is 99.1 Å². The van der Waals surface area contributed by atoms with Crippen molar-refractivity contribution in [3.63, 3.8) is 0 Å². The van der Waals surface area contributed by atoms with E-state index in [9.17, 15) is 10.1 Å². The van der Waals surface area contributed by atoms with E-state index < -0.39 is 0 Å². The van der Waals surface area contributed by atoms with Crippen LogP contribution in [0.1, 0.15) is 47.9 Å². The van der Waals surface area contributed by atoms with Gasteiger partial charge in [0.05, 0.1) is 17.8 Å². The van der Waals surface area contributed by atoms with Crippen LogP contribution in [-0.2, 0) is 11.2 Å². The molecule has 1 amide bonds. The summed E-state index contributed by atoms with van der Waals surface area (Å²) in [7, 11) is 0. The van der Waals surface area contributed by atoms with Crippen LogP contribution in [0.4, 0.5) is 5.69 Å². The smallest absolute Gasteiger partial charge is 0.254 e. The van der Waals surface area contributed by atoms with E-state index in [4.69, 9.17) is 0 Å². The van der Waals surface area contributed by atoms with Gasteiger partial charge in [0, 0.05) is 42.5 Å². The highest BCUT2D eigenvalue weighted by Crippen LogP contribution is 2.36. The zero-order chi connectivity index (χ0) is 28.2. The highest BCUT2D eigenvalue weighted by molar-refractivity contribution is 6.22. The monoisotopic (exact) mass is 545 g/mol. The van der Waals surface area contributed by atoms with E-state index in [1.165, 1.54) is 24.0 Å². The third-order valence-corrected chi connectivity index (χ3v) is 8.70. The Morgan fingerprint density at radius 2 is 1.80 bits per heavy atom. The van der Waals surface area contributed by atoms with E-state index in [2.05, 4.69) is 82.0 Å².